The van der Waals surface area contributed by atoms with Gasteiger partial charge in [-0.15, -0.1) is 0 Å². The Balaban J connectivity index is 1.44. The van der Waals surface area contributed by atoms with Crippen LogP contribution in [0.25, 0.3) is 18.2 Å². The maximum Gasteiger partial charge on any atom is 0.331 e. The molecule has 2 fully saturated rings. The molecule has 298 valence electrons. The van der Waals surface area contributed by atoms with E-state index in [4.69, 9.17) is 28.4 Å². The van der Waals surface area contributed by atoms with Crippen LogP contribution in [-0.2, 0) is 42.8 Å². The van der Waals surface area contributed by atoms with Crippen LogP contribution < -0.4 is 0 Å². The Morgan fingerprint density at radius 3 is 1.55 bits per heavy atom. The molecule has 2 aliphatic rings. The number of hydrogen-bond donors (Lipinski definition) is 8. The van der Waals surface area contributed by atoms with Gasteiger partial charge in [-0.05, 0) is 71.3 Å². The number of carbonyl (C=O) groups excluding carboxylic acids is 3. The van der Waals surface area contributed by atoms with Gasteiger partial charge < -0.3 is 69.3 Å². The number of carbonyl (C=O) groups is 3. The third kappa shape index (κ3) is 10.8. The van der Waals surface area contributed by atoms with Crippen molar-refractivity contribution in [1.82, 2.24) is 0 Å². The van der Waals surface area contributed by atoms with E-state index in [9.17, 15) is 55.2 Å². The van der Waals surface area contributed by atoms with Gasteiger partial charge in [0, 0.05) is 18.2 Å². The first kappa shape index (κ1) is 41.5. The standard InChI is InChI=1S/C39H40O17/c40-19-28-33(47)35(49)36(50)38(53-28)56-39(21-52-31(45)17-8-23-3-12-26(42)13-4-23)37(54-32(46)18-9-24-5-14-27(43)15-6-24)34(48)29(55-39)20-51-30(44)16-7-22-1-10-25(41)11-2-22/h1-18,28-29,33-38,40-43,47-50H,19-21H2/b16-7+,17-8+,18-9+/t28-,29-,33-,34-,35+,36-,37+,38-,39+/m1/s1. The third-order valence-corrected chi connectivity index (χ3v) is 8.60. The van der Waals surface area contributed by atoms with Crippen molar-refractivity contribution in [1.29, 1.82) is 0 Å². The number of aromatic hydroxyl groups is 3. The van der Waals surface area contributed by atoms with E-state index in [-0.39, 0.29) is 17.2 Å². The number of benzene rings is 3. The minimum Gasteiger partial charge on any atom is -0.508 e. The molecule has 0 unspecified atom stereocenters. The Kier molecular flexibility index (Phi) is 13.9. The van der Waals surface area contributed by atoms with Crippen LogP contribution in [0.1, 0.15) is 16.7 Å². The highest BCUT2D eigenvalue weighted by Crippen LogP contribution is 2.39. The Hall–Kier alpha value is -5.63. The first-order valence-corrected chi connectivity index (χ1v) is 17.1. The molecule has 3 aromatic carbocycles. The summed E-state index contributed by atoms with van der Waals surface area (Å²) in [7, 11) is 0. The van der Waals surface area contributed by atoms with Crippen LogP contribution in [0, 0.1) is 0 Å². The fourth-order valence-corrected chi connectivity index (χ4v) is 5.59. The van der Waals surface area contributed by atoms with Crippen molar-refractivity contribution in [3.8, 4) is 17.2 Å². The molecule has 0 radical (unpaired) electrons. The SMILES string of the molecule is O=C(/C=C/c1ccc(O)cc1)OC[C@H]1O[C@@](COC(=O)/C=C/c2ccc(O)cc2)(O[C@H]2O[C@H](CO)[C@@H](O)[C@H](O)[C@H]2O)[C@@H](OC(=O)/C=C/c2ccc(O)cc2)[C@@H]1O. The van der Waals surface area contributed by atoms with Gasteiger partial charge in [0.25, 0.3) is 0 Å². The molecule has 5 rings (SSSR count). The summed E-state index contributed by atoms with van der Waals surface area (Å²) in [5.41, 5.74) is 1.50. The number of aliphatic hydroxyl groups excluding tert-OH is 5. The molecule has 17 nitrogen and oxygen atoms in total. The fourth-order valence-electron chi connectivity index (χ4n) is 5.59. The molecule has 0 aliphatic carbocycles. The number of phenolic OH excluding ortho intramolecular Hbond substituents is 3. The van der Waals surface area contributed by atoms with Crippen molar-refractivity contribution in [2.75, 3.05) is 19.8 Å². The molecule has 8 N–H and O–H groups in total. The maximum atomic E-state index is 13.2. The van der Waals surface area contributed by atoms with E-state index in [0.29, 0.717) is 16.7 Å². The molecule has 3 aromatic rings. The summed E-state index contributed by atoms with van der Waals surface area (Å²) < 4.78 is 33.8. The van der Waals surface area contributed by atoms with Crippen molar-refractivity contribution < 1.29 is 83.7 Å². The van der Waals surface area contributed by atoms with Gasteiger partial charge in [-0.2, -0.15) is 0 Å². The number of aliphatic hydroxyl groups is 5. The monoisotopic (exact) mass is 780 g/mol. The number of phenols is 3. The lowest BCUT2D eigenvalue weighted by Crippen LogP contribution is -2.63. The van der Waals surface area contributed by atoms with Crippen molar-refractivity contribution in [2.45, 2.75) is 54.8 Å². The molecule has 0 spiro atoms. The highest BCUT2D eigenvalue weighted by Gasteiger charge is 2.62. The van der Waals surface area contributed by atoms with Crippen molar-refractivity contribution >= 4 is 36.1 Å². The number of hydrogen-bond acceptors (Lipinski definition) is 17. The summed E-state index contributed by atoms with van der Waals surface area (Å²) >= 11 is 0. The minimum absolute atomic E-state index is 0.0108. The molecule has 0 saturated carbocycles. The van der Waals surface area contributed by atoms with Crippen LogP contribution >= 0.6 is 0 Å². The van der Waals surface area contributed by atoms with Gasteiger partial charge in [-0.25, -0.2) is 14.4 Å². The Morgan fingerprint density at radius 1 is 0.607 bits per heavy atom. The first-order chi connectivity index (χ1) is 26.8. The normalized spacial score (nSPS) is 27.8. The lowest BCUT2D eigenvalue weighted by Gasteiger charge is -2.43. The van der Waals surface area contributed by atoms with E-state index in [1.54, 1.807) is 0 Å². The quantitative estimate of drug-likeness (QED) is 0.0629. The second-order valence-corrected chi connectivity index (χ2v) is 12.6. The molecular weight excluding hydrogens is 740 g/mol. The summed E-state index contributed by atoms with van der Waals surface area (Å²) in [5, 5.41) is 81.6. The zero-order valence-electron chi connectivity index (χ0n) is 29.4. The van der Waals surface area contributed by atoms with Crippen LogP contribution in [0.4, 0.5) is 0 Å². The Morgan fingerprint density at radius 2 is 1.07 bits per heavy atom. The van der Waals surface area contributed by atoms with E-state index in [2.05, 4.69) is 0 Å². The van der Waals surface area contributed by atoms with Gasteiger partial charge in [0.05, 0.1) is 6.61 Å². The van der Waals surface area contributed by atoms with Crippen LogP contribution in [-0.4, -0.2) is 133 Å². The minimum atomic E-state index is -2.59. The second kappa shape index (κ2) is 18.8. The zero-order valence-corrected chi connectivity index (χ0v) is 29.4. The van der Waals surface area contributed by atoms with Gasteiger partial charge in [-0.3, -0.25) is 0 Å². The molecule has 0 aromatic heterocycles. The second-order valence-electron chi connectivity index (χ2n) is 12.6. The summed E-state index contributed by atoms with van der Waals surface area (Å²) in [4.78, 5) is 38.9. The number of rotatable bonds is 14. The highest BCUT2D eigenvalue weighted by molar-refractivity contribution is 5.88. The molecule has 0 amide bonds. The van der Waals surface area contributed by atoms with E-state index in [1.807, 2.05) is 0 Å². The lowest BCUT2D eigenvalue weighted by atomic mass is 9.99. The van der Waals surface area contributed by atoms with Crippen LogP contribution in [0.5, 0.6) is 17.2 Å². The topological polar surface area (TPSA) is 268 Å². The molecule has 0 bridgehead atoms. The summed E-state index contributed by atoms with van der Waals surface area (Å²) in [6, 6.07) is 17.4. The molecular formula is C39H40O17. The van der Waals surface area contributed by atoms with Crippen molar-refractivity contribution in [3.63, 3.8) is 0 Å². The predicted molar refractivity (Wildman–Crippen MR) is 192 cm³/mol. The third-order valence-electron chi connectivity index (χ3n) is 8.60. The van der Waals surface area contributed by atoms with Gasteiger partial charge in [0.2, 0.25) is 5.79 Å². The molecule has 9 atom stereocenters. The summed E-state index contributed by atoms with van der Waals surface area (Å²) in [6.45, 7) is -2.55. The van der Waals surface area contributed by atoms with Gasteiger partial charge >= 0.3 is 17.9 Å². The maximum absolute atomic E-state index is 13.2. The summed E-state index contributed by atoms with van der Waals surface area (Å²) in [5.74, 6) is -5.63. The number of esters is 3. The first-order valence-electron chi connectivity index (χ1n) is 17.1. The van der Waals surface area contributed by atoms with E-state index in [1.165, 1.54) is 91.0 Å². The Bertz CT molecular complexity index is 1870. The van der Waals surface area contributed by atoms with Crippen molar-refractivity contribution in [3.05, 3.63) is 108 Å². The molecule has 2 saturated heterocycles. The van der Waals surface area contributed by atoms with E-state index in [0.717, 1.165) is 18.2 Å². The van der Waals surface area contributed by atoms with Crippen LogP contribution in [0.3, 0.4) is 0 Å². The predicted octanol–water partition coefficient (Wildman–Crippen LogP) is 0.514. The zero-order chi connectivity index (χ0) is 40.4. The highest BCUT2D eigenvalue weighted by atomic mass is 16.8. The largest absolute Gasteiger partial charge is 0.508 e. The fraction of sp³-hybridized carbons (Fsp3) is 0.308. The molecule has 2 heterocycles. The summed E-state index contributed by atoms with van der Waals surface area (Å²) in [6.07, 6.45) is -7.60. The molecule has 2 aliphatic heterocycles. The van der Waals surface area contributed by atoms with E-state index >= 15 is 0 Å². The smallest absolute Gasteiger partial charge is 0.331 e. The van der Waals surface area contributed by atoms with Crippen molar-refractivity contribution in [2.24, 2.45) is 0 Å². The lowest BCUT2D eigenvalue weighted by molar-refractivity contribution is -0.383. The van der Waals surface area contributed by atoms with E-state index < -0.39 is 92.5 Å². The molecule has 17 heteroatoms. The van der Waals surface area contributed by atoms with Crippen LogP contribution in [0.2, 0.25) is 0 Å². The van der Waals surface area contributed by atoms with Gasteiger partial charge in [0.15, 0.2) is 12.4 Å². The van der Waals surface area contributed by atoms with Gasteiger partial charge in [-0.1, -0.05) is 36.4 Å². The number of ether oxygens (including phenoxy) is 6. The average Bonchev–Trinajstić information content (AvgIpc) is 3.44. The Labute approximate surface area is 319 Å². The van der Waals surface area contributed by atoms with Gasteiger partial charge in [0.1, 0.15) is 67.1 Å². The van der Waals surface area contributed by atoms with Crippen LogP contribution in [0.15, 0.2) is 91.0 Å². The average molecular weight is 781 g/mol. The molecule has 56 heavy (non-hydrogen) atoms.